The van der Waals surface area contributed by atoms with Crippen molar-refractivity contribution >= 4 is 60.9 Å². The molecule has 1 aliphatic carbocycles. The third-order valence-electron chi connectivity index (χ3n) is 11.3. The number of rotatable bonds is 3. The van der Waals surface area contributed by atoms with E-state index in [9.17, 15) is 0 Å². The van der Waals surface area contributed by atoms with Gasteiger partial charge < -0.3 is 18.5 Å². The first kappa shape index (κ1) is 28.6. The normalized spacial score (nSPS) is 13.6. The van der Waals surface area contributed by atoms with E-state index in [1.165, 1.54) is 16.7 Å². The molecule has 2 aromatic heterocycles. The average Bonchev–Trinajstić information content (AvgIpc) is 3.87. The zero-order valence-corrected chi connectivity index (χ0v) is 28.4. The van der Waals surface area contributed by atoms with E-state index in [4.69, 9.17) is 13.6 Å². The van der Waals surface area contributed by atoms with E-state index in [1.807, 2.05) is 18.2 Å². The molecule has 12 rings (SSSR count). The third kappa shape index (κ3) is 3.79. The van der Waals surface area contributed by atoms with Gasteiger partial charge in [-0.25, -0.2) is 0 Å². The van der Waals surface area contributed by atoms with Gasteiger partial charge in [0.25, 0.3) is 0 Å². The highest BCUT2D eigenvalue weighted by Gasteiger charge is 2.51. The van der Waals surface area contributed by atoms with E-state index < -0.39 is 5.41 Å². The maximum Gasteiger partial charge on any atom is 0.143 e. The minimum Gasteiger partial charge on any atom is -0.457 e. The Bertz CT molecular complexity index is 3070. The van der Waals surface area contributed by atoms with Crippen LogP contribution in [0.15, 0.2) is 185 Å². The monoisotopic (exact) mass is 679 g/mol. The second kappa shape index (κ2) is 10.5. The maximum atomic E-state index is 7.06. The van der Waals surface area contributed by atoms with Crippen LogP contribution < -0.4 is 9.64 Å². The van der Waals surface area contributed by atoms with Gasteiger partial charge in [0.05, 0.1) is 5.41 Å². The smallest absolute Gasteiger partial charge is 0.143 e. The van der Waals surface area contributed by atoms with Crippen molar-refractivity contribution in [2.75, 3.05) is 4.90 Å². The van der Waals surface area contributed by atoms with Crippen LogP contribution in [-0.4, -0.2) is 0 Å². The van der Waals surface area contributed by atoms with Gasteiger partial charge in [-0.2, -0.15) is 0 Å². The summed E-state index contributed by atoms with van der Waals surface area (Å²) in [4.78, 5) is 2.27. The Balaban J connectivity index is 1.09. The van der Waals surface area contributed by atoms with Crippen LogP contribution >= 0.6 is 0 Å². The van der Waals surface area contributed by atoms with E-state index in [2.05, 4.69) is 163 Å². The summed E-state index contributed by atoms with van der Waals surface area (Å²) in [6, 6.07) is 62.0. The fraction of sp³-hybridized carbons (Fsp3) is 0.0204. The van der Waals surface area contributed by atoms with Crippen molar-refractivity contribution in [1.82, 2.24) is 0 Å². The number of para-hydroxylation sites is 4. The summed E-state index contributed by atoms with van der Waals surface area (Å²) in [6.45, 7) is 0. The lowest BCUT2D eigenvalue weighted by atomic mass is 9.66. The Kier molecular flexibility index (Phi) is 5.67. The molecule has 0 atom stereocenters. The summed E-state index contributed by atoms with van der Waals surface area (Å²) in [5.74, 6) is 1.76. The maximum absolute atomic E-state index is 7.06. The third-order valence-corrected chi connectivity index (χ3v) is 11.3. The van der Waals surface area contributed by atoms with Crippen LogP contribution in [0.2, 0.25) is 0 Å². The largest absolute Gasteiger partial charge is 0.457 e. The van der Waals surface area contributed by atoms with Gasteiger partial charge in [0, 0.05) is 67.4 Å². The molecule has 3 heterocycles. The van der Waals surface area contributed by atoms with E-state index in [0.29, 0.717) is 0 Å². The molecule has 0 amide bonds. The van der Waals surface area contributed by atoms with Crippen LogP contribution in [-0.2, 0) is 5.41 Å². The van der Waals surface area contributed by atoms with Crippen LogP contribution in [0.1, 0.15) is 22.3 Å². The highest BCUT2D eigenvalue weighted by atomic mass is 16.5. The molecule has 0 N–H and O–H groups in total. The van der Waals surface area contributed by atoms with Gasteiger partial charge in [-0.05, 0) is 71.3 Å². The van der Waals surface area contributed by atoms with Gasteiger partial charge in [0.2, 0.25) is 0 Å². The molecule has 0 bridgehead atoms. The highest BCUT2D eigenvalue weighted by molar-refractivity contribution is 6.13. The molecular weight excluding hydrogens is 651 g/mol. The molecular formula is C49H29NO3. The fourth-order valence-corrected chi connectivity index (χ4v) is 9.17. The molecule has 0 radical (unpaired) electrons. The summed E-state index contributed by atoms with van der Waals surface area (Å²) in [5, 5.41) is 4.40. The van der Waals surface area contributed by atoms with Crippen molar-refractivity contribution in [2.24, 2.45) is 0 Å². The topological polar surface area (TPSA) is 38.8 Å². The predicted octanol–water partition coefficient (Wildman–Crippen LogP) is 13.4. The Morgan fingerprint density at radius 2 is 0.943 bits per heavy atom. The zero-order chi connectivity index (χ0) is 34.7. The fourth-order valence-electron chi connectivity index (χ4n) is 9.17. The Morgan fingerprint density at radius 3 is 1.70 bits per heavy atom. The van der Waals surface area contributed by atoms with Crippen molar-refractivity contribution < 1.29 is 13.6 Å². The van der Waals surface area contributed by atoms with Gasteiger partial charge in [0.15, 0.2) is 0 Å². The number of ether oxygens (including phenoxy) is 1. The van der Waals surface area contributed by atoms with Crippen LogP contribution in [0, 0.1) is 0 Å². The first-order chi connectivity index (χ1) is 26.3. The lowest BCUT2D eigenvalue weighted by Gasteiger charge is -2.39. The van der Waals surface area contributed by atoms with E-state index >= 15 is 0 Å². The molecule has 1 aliphatic heterocycles. The predicted molar refractivity (Wildman–Crippen MR) is 213 cm³/mol. The van der Waals surface area contributed by atoms with Crippen molar-refractivity contribution in [2.45, 2.75) is 5.41 Å². The molecule has 53 heavy (non-hydrogen) atoms. The zero-order valence-electron chi connectivity index (χ0n) is 28.4. The molecule has 0 saturated heterocycles. The lowest BCUT2D eigenvalue weighted by molar-refractivity contribution is 0.436. The number of fused-ring (bicyclic) bond motifs is 16. The standard InChI is InChI=1S/C49H29NO3/c1-2-12-30(13-3-1)50(31-22-24-34-33-14-5-9-19-42(33)51-45(34)28-31)32-23-25-35-36-26-27-41-47(48(36)53-46(35)29-32)37-15-4-6-16-38(37)49(41)39-17-7-10-20-43(39)52-44-21-11-8-18-40(44)49/h1-29H. The van der Waals surface area contributed by atoms with Crippen molar-refractivity contribution in [3.05, 3.63) is 198 Å². The van der Waals surface area contributed by atoms with Crippen LogP contribution in [0.3, 0.4) is 0 Å². The van der Waals surface area contributed by atoms with Crippen molar-refractivity contribution in [1.29, 1.82) is 0 Å². The summed E-state index contributed by atoms with van der Waals surface area (Å²) in [6.07, 6.45) is 0. The number of benzene rings is 8. The number of anilines is 3. The van der Waals surface area contributed by atoms with Crippen LogP contribution in [0.25, 0.3) is 55.0 Å². The minimum absolute atomic E-state index is 0.547. The van der Waals surface area contributed by atoms with Gasteiger partial charge in [-0.3, -0.25) is 0 Å². The van der Waals surface area contributed by atoms with E-state index in [1.54, 1.807) is 0 Å². The minimum atomic E-state index is -0.547. The van der Waals surface area contributed by atoms with Gasteiger partial charge in [-0.15, -0.1) is 0 Å². The summed E-state index contributed by atoms with van der Waals surface area (Å²) in [7, 11) is 0. The molecule has 8 aromatic carbocycles. The SMILES string of the molecule is c1ccc(N(c2ccc3c(c2)oc2ccccc23)c2ccc3c(c2)oc2c4c(ccc23)C2(c3ccccc3Oc3ccccc32)c2ccccc2-4)cc1. The molecule has 4 nitrogen and oxygen atoms in total. The van der Waals surface area contributed by atoms with E-state index in [-0.39, 0.29) is 0 Å². The van der Waals surface area contributed by atoms with Crippen molar-refractivity contribution in [3.8, 4) is 22.6 Å². The second-order valence-corrected chi connectivity index (χ2v) is 14.0. The summed E-state index contributed by atoms with van der Waals surface area (Å²) < 4.78 is 19.9. The number of nitrogens with zero attached hydrogens (tertiary/aromatic N) is 1. The molecule has 0 unspecified atom stereocenters. The molecule has 10 aromatic rings. The second-order valence-electron chi connectivity index (χ2n) is 14.0. The average molecular weight is 680 g/mol. The number of hydrogen-bond donors (Lipinski definition) is 0. The molecule has 2 aliphatic rings. The quantitative estimate of drug-likeness (QED) is 0.186. The molecule has 1 spiro atoms. The van der Waals surface area contributed by atoms with Gasteiger partial charge in [-0.1, -0.05) is 109 Å². The van der Waals surface area contributed by atoms with E-state index in [0.717, 1.165) is 89.1 Å². The Morgan fingerprint density at radius 1 is 0.377 bits per heavy atom. The first-order valence-electron chi connectivity index (χ1n) is 18.0. The van der Waals surface area contributed by atoms with Gasteiger partial charge in [0.1, 0.15) is 33.8 Å². The summed E-state index contributed by atoms with van der Waals surface area (Å²) in [5.41, 5.74) is 13.0. The molecule has 4 heteroatoms. The molecule has 248 valence electrons. The first-order valence-corrected chi connectivity index (χ1v) is 18.0. The Hall–Kier alpha value is -7.04. The van der Waals surface area contributed by atoms with Crippen LogP contribution in [0.4, 0.5) is 17.1 Å². The highest BCUT2D eigenvalue weighted by Crippen LogP contribution is 2.63. The number of hydrogen-bond acceptors (Lipinski definition) is 4. The molecule has 0 fully saturated rings. The Labute approximate surface area is 304 Å². The number of furan rings is 2. The molecule has 0 saturated carbocycles. The summed E-state index contributed by atoms with van der Waals surface area (Å²) >= 11 is 0. The van der Waals surface area contributed by atoms with Crippen LogP contribution in [0.5, 0.6) is 11.5 Å². The van der Waals surface area contributed by atoms with Crippen molar-refractivity contribution in [3.63, 3.8) is 0 Å². The lowest BCUT2D eigenvalue weighted by Crippen LogP contribution is -2.32. The van der Waals surface area contributed by atoms with Gasteiger partial charge >= 0.3 is 0 Å².